The van der Waals surface area contributed by atoms with Crippen LogP contribution < -0.4 is 16.9 Å². The van der Waals surface area contributed by atoms with Crippen molar-refractivity contribution in [3.05, 3.63) is 42.2 Å². The quantitative estimate of drug-likeness (QED) is 0.552. The monoisotopic (exact) mass is 369 g/mol. The third-order valence-corrected chi connectivity index (χ3v) is 5.03. The van der Waals surface area contributed by atoms with Gasteiger partial charge in [0, 0.05) is 37.9 Å². The maximum Gasteiger partial charge on any atom is 0.228 e. The number of rotatable bonds is 5. The van der Waals surface area contributed by atoms with Crippen LogP contribution in [0.3, 0.4) is 0 Å². The lowest BCUT2D eigenvalue weighted by Crippen LogP contribution is -2.29. The van der Waals surface area contributed by atoms with Gasteiger partial charge in [-0.25, -0.2) is 10.8 Å². The van der Waals surface area contributed by atoms with Crippen molar-refractivity contribution in [3.63, 3.8) is 0 Å². The number of carbonyl (C=O) groups is 1. The number of nitrogens with zero attached hydrogens (tertiary/aromatic N) is 2. The lowest BCUT2D eigenvalue weighted by Gasteiger charge is -2.26. The molecule has 1 heterocycles. The summed E-state index contributed by atoms with van der Waals surface area (Å²) in [5, 5.41) is 6.30. The van der Waals surface area contributed by atoms with Crippen LogP contribution in [0.2, 0.25) is 0 Å². The number of nitrogens with two attached hydrogens (primary N) is 2. The van der Waals surface area contributed by atoms with E-state index in [0.29, 0.717) is 11.5 Å². The molecular weight excluding hydrogens is 342 g/mol. The second-order valence-electron chi connectivity index (χ2n) is 7.08. The van der Waals surface area contributed by atoms with Crippen LogP contribution in [0.25, 0.3) is 16.5 Å². The van der Waals surface area contributed by atoms with Gasteiger partial charge in [0.05, 0.1) is 11.8 Å². The molecule has 0 bridgehead atoms. The zero-order chi connectivity index (χ0) is 19.4. The van der Waals surface area contributed by atoms with Crippen LogP contribution in [-0.2, 0) is 9.53 Å². The van der Waals surface area contributed by atoms with Crippen molar-refractivity contribution in [2.45, 2.75) is 31.8 Å². The molecule has 5 N–H and O–H groups in total. The molecule has 144 valence electrons. The van der Waals surface area contributed by atoms with Gasteiger partial charge in [-0.2, -0.15) is 0 Å². The zero-order valence-corrected chi connectivity index (χ0v) is 15.8. The van der Waals surface area contributed by atoms with Gasteiger partial charge < -0.3 is 20.8 Å². The molecule has 7 heteroatoms. The largest absolute Gasteiger partial charge is 0.397 e. The maximum absolute atomic E-state index is 12.6. The average molecular weight is 369 g/mol. The Bertz CT molecular complexity index is 841. The highest BCUT2D eigenvalue weighted by molar-refractivity contribution is 5.94. The molecule has 0 aliphatic heterocycles. The Hall–Kier alpha value is -2.64. The van der Waals surface area contributed by atoms with Crippen molar-refractivity contribution < 1.29 is 9.53 Å². The number of amides is 1. The molecule has 0 radical (unpaired) electrons. The minimum absolute atomic E-state index is 0.0129. The van der Waals surface area contributed by atoms with E-state index in [0.717, 1.165) is 42.0 Å². The zero-order valence-electron chi connectivity index (χ0n) is 15.8. The van der Waals surface area contributed by atoms with Crippen molar-refractivity contribution in [2.24, 2.45) is 17.5 Å². The second kappa shape index (κ2) is 8.37. The first kappa shape index (κ1) is 19.1. The maximum atomic E-state index is 12.6. The van der Waals surface area contributed by atoms with E-state index in [-0.39, 0.29) is 17.9 Å². The molecule has 0 unspecified atom stereocenters. The SMILES string of the molecule is COC1CCC(C(=O)Nc2cc3cc(/C(N)=C/N(C)N)ccc3cn2)CC1. The third-order valence-electron chi connectivity index (χ3n) is 5.03. The predicted octanol–water partition coefficient (Wildman–Crippen LogP) is 2.44. The summed E-state index contributed by atoms with van der Waals surface area (Å²) in [5.74, 6) is 6.21. The van der Waals surface area contributed by atoms with Gasteiger partial charge >= 0.3 is 0 Å². The molecule has 27 heavy (non-hydrogen) atoms. The van der Waals surface area contributed by atoms with Crippen LogP contribution in [0.5, 0.6) is 0 Å². The van der Waals surface area contributed by atoms with Gasteiger partial charge in [-0.15, -0.1) is 0 Å². The first-order valence-corrected chi connectivity index (χ1v) is 9.15. The molecule has 1 aromatic heterocycles. The Labute approximate surface area is 159 Å². The van der Waals surface area contributed by atoms with E-state index in [9.17, 15) is 4.79 Å². The molecule has 7 nitrogen and oxygen atoms in total. The van der Waals surface area contributed by atoms with E-state index >= 15 is 0 Å². The highest BCUT2D eigenvalue weighted by Crippen LogP contribution is 2.27. The van der Waals surface area contributed by atoms with E-state index in [1.165, 1.54) is 5.01 Å². The number of hydrogen-bond donors (Lipinski definition) is 3. The Kier molecular flexibility index (Phi) is 5.93. The molecule has 0 atom stereocenters. The Balaban J connectivity index is 1.74. The summed E-state index contributed by atoms with van der Waals surface area (Å²) in [6.45, 7) is 0. The number of aromatic nitrogens is 1. The van der Waals surface area contributed by atoms with Crippen LogP contribution in [0, 0.1) is 5.92 Å². The Morgan fingerprint density at radius 3 is 2.67 bits per heavy atom. The Morgan fingerprint density at radius 2 is 2.00 bits per heavy atom. The van der Waals surface area contributed by atoms with E-state index < -0.39 is 0 Å². The summed E-state index contributed by atoms with van der Waals surface area (Å²) in [6.07, 6.45) is 7.21. The van der Waals surface area contributed by atoms with E-state index in [1.807, 2.05) is 24.3 Å². The van der Waals surface area contributed by atoms with Crippen LogP contribution in [-0.4, -0.2) is 36.2 Å². The van der Waals surface area contributed by atoms with Crippen LogP contribution >= 0.6 is 0 Å². The van der Waals surface area contributed by atoms with E-state index in [1.54, 1.807) is 26.6 Å². The standard InChI is InChI=1S/C20H27N5O2/c1-25(22)12-18(21)14-3-4-15-11-23-19(10-16(15)9-14)24-20(26)13-5-7-17(27-2)8-6-13/h3-4,9-13,17H,5-8,21-22H2,1-2H3,(H,23,24,26)/b18-12-. The molecule has 1 aliphatic carbocycles. The van der Waals surface area contributed by atoms with E-state index in [4.69, 9.17) is 16.3 Å². The molecule has 1 fully saturated rings. The average Bonchev–Trinajstić information content (AvgIpc) is 2.67. The van der Waals surface area contributed by atoms with Crippen molar-refractivity contribution in [1.29, 1.82) is 0 Å². The van der Waals surface area contributed by atoms with Crippen molar-refractivity contribution in [3.8, 4) is 0 Å². The van der Waals surface area contributed by atoms with Crippen LogP contribution in [0.4, 0.5) is 5.82 Å². The number of methoxy groups -OCH3 is 1. The fourth-order valence-corrected chi connectivity index (χ4v) is 3.47. The molecule has 3 rings (SSSR count). The summed E-state index contributed by atoms with van der Waals surface area (Å²) in [4.78, 5) is 16.9. The number of ether oxygens (including phenoxy) is 1. The van der Waals surface area contributed by atoms with Gasteiger partial charge in [0.2, 0.25) is 5.91 Å². The summed E-state index contributed by atoms with van der Waals surface area (Å²) >= 11 is 0. The molecule has 0 saturated heterocycles. The van der Waals surface area contributed by atoms with Gasteiger partial charge in [0.15, 0.2) is 0 Å². The first-order chi connectivity index (χ1) is 13.0. The fourth-order valence-electron chi connectivity index (χ4n) is 3.47. The lowest BCUT2D eigenvalue weighted by molar-refractivity contribution is -0.121. The third kappa shape index (κ3) is 4.75. The van der Waals surface area contributed by atoms with Crippen molar-refractivity contribution in [2.75, 3.05) is 19.5 Å². The fraction of sp³-hybridized carbons (Fsp3) is 0.400. The highest BCUT2D eigenvalue weighted by Gasteiger charge is 2.26. The lowest BCUT2D eigenvalue weighted by atomic mass is 9.87. The number of hydrazine groups is 1. The summed E-state index contributed by atoms with van der Waals surface area (Å²) < 4.78 is 5.37. The van der Waals surface area contributed by atoms with Gasteiger partial charge in [0.25, 0.3) is 0 Å². The minimum atomic E-state index is 0.0129. The van der Waals surface area contributed by atoms with Gasteiger partial charge in [-0.3, -0.25) is 4.79 Å². The minimum Gasteiger partial charge on any atom is -0.397 e. The molecule has 1 aliphatic rings. The number of carbonyl (C=O) groups excluding carboxylic acids is 1. The molecule has 1 amide bonds. The van der Waals surface area contributed by atoms with Gasteiger partial charge in [-0.1, -0.05) is 12.1 Å². The Morgan fingerprint density at radius 1 is 1.26 bits per heavy atom. The van der Waals surface area contributed by atoms with Gasteiger partial charge in [0.1, 0.15) is 5.82 Å². The second-order valence-corrected chi connectivity index (χ2v) is 7.08. The summed E-state index contributed by atoms with van der Waals surface area (Å²) in [5.41, 5.74) is 7.50. The molecule has 1 saturated carbocycles. The predicted molar refractivity (Wildman–Crippen MR) is 107 cm³/mol. The molecule has 1 aromatic carbocycles. The normalized spacial score (nSPS) is 20.5. The first-order valence-electron chi connectivity index (χ1n) is 9.15. The van der Waals surface area contributed by atoms with Gasteiger partial charge in [-0.05, 0) is 48.8 Å². The van der Waals surface area contributed by atoms with E-state index in [2.05, 4.69) is 10.3 Å². The summed E-state index contributed by atoms with van der Waals surface area (Å²) in [7, 11) is 3.44. The number of benzene rings is 1. The smallest absolute Gasteiger partial charge is 0.228 e. The number of nitrogens with one attached hydrogen (secondary N) is 1. The topological polar surface area (TPSA) is 106 Å². The van der Waals surface area contributed by atoms with Crippen molar-refractivity contribution >= 4 is 28.2 Å². The molecule has 2 aromatic rings. The number of anilines is 1. The highest BCUT2D eigenvalue weighted by atomic mass is 16.5. The number of fused-ring (bicyclic) bond motifs is 1. The summed E-state index contributed by atoms with van der Waals surface area (Å²) in [6, 6.07) is 7.71. The number of pyridine rings is 1. The molecular formula is C20H27N5O2. The van der Waals surface area contributed by atoms with Crippen molar-refractivity contribution in [1.82, 2.24) is 9.99 Å². The molecule has 0 spiro atoms. The van der Waals surface area contributed by atoms with Crippen LogP contribution in [0.1, 0.15) is 31.2 Å². The number of hydrogen-bond acceptors (Lipinski definition) is 6. The van der Waals surface area contributed by atoms with Crippen LogP contribution in [0.15, 0.2) is 36.7 Å².